The van der Waals surface area contributed by atoms with Crippen LogP contribution in [0, 0.1) is 0 Å². The maximum atomic E-state index is 11.7. The number of hydrogen-bond donors (Lipinski definition) is 1. The van der Waals surface area contributed by atoms with Crippen molar-refractivity contribution in [2.45, 2.75) is 45.1 Å². The van der Waals surface area contributed by atoms with E-state index in [4.69, 9.17) is 9.47 Å². The van der Waals surface area contributed by atoms with Gasteiger partial charge in [-0.1, -0.05) is 6.07 Å². The van der Waals surface area contributed by atoms with E-state index in [9.17, 15) is 4.79 Å². The number of carbonyl (C=O) groups excluding carboxylic acids is 1. The van der Waals surface area contributed by atoms with Crippen molar-refractivity contribution in [2.24, 2.45) is 0 Å². The molecule has 19 heavy (non-hydrogen) atoms. The summed E-state index contributed by atoms with van der Waals surface area (Å²) in [5, 5.41) is 2.72. The molecular weight excluding hydrogens is 242 g/mol. The summed E-state index contributed by atoms with van der Waals surface area (Å²) < 4.78 is 10.6. The van der Waals surface area contributed by atoms with Crippen LogP contribution in [-0.4, -0.2) is 18.8 Å². The quantitative estimate of drug-likeness (QED) is 0.899. The van der Waals surface area contributed by atoms with Crippen LogP contribution in [0.5, 0.6) is 5.75 Å². The molecule has 1 amide bonds. The molecule has 1 aliphatic carbocycles. The van der Waals surface area contributed by atoms with Crippen LogP contribution < -0.4 is 10.1 Å². The highest BCUT2D eigenvalue weighted by Gasteiger charge is 2.27. The fourth-order valence-corrected chi connectivity index (χ4v) is 1.94. The average molecular weight is 263 g/mol. The summed E-state index contributed by atoms with van der Waals surface area (Å²) in [7, 11) is 1.65. The Morgan fingerprint density at radius 2 is 2.00 bits per heavy atom. The predicted molar refractivity (Wildman–Crippen MR) is 74.8 cm³/mol. The van der Waals surface area contributed by atoms with Crippen LogP contribution in [-0.2, 0) is 4.74 Å². The van der Waals surface area contributed by atoms with E-state index in [1.165, 1.54) is 18.4 Å². The molecule has 1 fully saturated rings. The molecule has 1 aromatic rings. The summed E-state index contributed by atoms with van der Waals surface area (Å²) in [5.41, 5.74) is 1.41. The molecule has 1 aliphatic rings. The fraction of sp³-hybridized carbons (Fsp3) is 0.533. The van der Waals surface area contributed by atoms with Gasteiger partial charge in [0.25, 0.3) is 0 Å². The number of nitrogens with one attached hydrogen (secondary N) is 1. The van der Waals surface area contributed by atoms with Gasteiger partial charge in [-0.3, -0.25) is 5.32 Å². The minimum Gasteiger partial charge on any atom is -0.496 e. The summed E-state index contributed by atoms with van der Waals surface area (Å²) in [4.78, 5) is 11.7. The van der Waals surface area contributed by atoms with Crippen molar-refractivity contribution in [2.75, 3.05) is 12.4 Å². The molecule has 0 bridgehead atoms. The first-order chi connectivity index (χ1) is 8.89. The third-order valence-electron chi connectivity index (χ3n) is 2.90. The van der Waals surface area contributed by atoms with Gasteiger partial charge in [0, 0.05) is 11.8 Å². The summed E-state index contributed by atoms with van der Waals surface area (Å²) in [6, 6.07) is 5.75. The second-order valence-electron chi connectivity index (χ2n) is 5.86. The molecule has 4 heteroatoms. The maximum absolute atomic E-state index is 11.7. The number of hydrogen-bond acceptors (Lipinski definition) is 3. The zero-order chi connectivity index (χ0) is 14.0. The van der Waals surface area contributed by atoms with Crippen molar-refractivity contribution in [3.63, 3.8) is 0 Å². The standard InChI is InChI=1S/C15H21NO3/c1-15(2,3)19-14(17)16-11-7-8-12(10-5-6-10)13(9-11)18-4/h7-10H,5-6H2,1-4H3,(H,16,17). The van der Waals surface area contributed by atoms with Crippen molar-refractivity contribution in [1.82, 2.24) is 0 Å². The van der Waals surface area contributed by atoms with Gasteiger partial charge in [-0.05, 0) is 51.2 Å². The molecule has 1 aromatic carbocycles. The first kappa shape index (κ1) is 13.7. The van der Waals surface area contributed by atoms with Crippen LogP contribution in [0.1, 0.15) is 45.1 Å². The molecule has 0 aliphatic heterocycles. The van der Waals surface area contributed by atoms with Crippen LogP contribution in [0.2, 0.25) is 0 Å². The Kier molecular flexibility index (Phi) is 3.69. The van der Waals surface area contributed by atoms with Crippen LogP contribution in [0.4, 0.5) is 10.5 Å². The highest BCUT2D eigenvalue weighted by molar-refractivity contribution is 5.85. The number of methoxy groups -OCH3 is 1. The van der Waals surface area contributed by atoms with Gasteiger partial charge in [0.2, 0.25) is 0 Å². The van der Waals surface area contributed by atoms with Crippen LogP contribution in [0.3, 0.4) is 0 Å². The summed E-state index contributed by atoms with van der Waals surface area (Å²) >= 11 is 0. The Bertz CT molecular complexity index is 473. The van der Waals surface area contributed by atoms with Gasteiger partial charge in [-0.25, -0.2) is 4.79 Å². The van der Waals surface area contributed by atoms with Crippen molar-refractivity contribution in [1.29, 1.82) is 0 Å². The second kappa shape index (κ2) is 5.11. The van der Waals surface area contributed by atoms with Crippen molar-refractivity contribution in [3.05, 3.63) is 23.8 Å². The van der Waals surface area contributed by atoms with Gasteiger partial charge in [-0.2, -0.15) is 0 Å². The first-order valence-corrected chi connectivity index (χ1v) is 6.57. The number of anilines is 1. The lowest BCUT2D eigenvalue weighted by molar-refractivity contribution is 0.0636. The molecular formula is C15H21NO3. The number of amides is 1. The van der Waals surface area contributed by atoms with E-state index in [1.54, 1.807) is 7.11 Å². The monoisotopic (exact) mass is 263 g/mol. The molecule has 0 radical (unpaired) electrons. The number of rotatable bonds is 3. The molecule has 0 spiro atoms. The minimum absolute atomic E-state index is 0.450. The molecule has 0 unspecified atom stereocenters. The summed E-state index contributed by atoms with van der Waals surface area (Å²) in [5.74, 6) is 1.45. The van der Waals surface area contributed by atoms with Gasteiger partial charge in [0.15, 0.2) is 0 Å². The summed E-state index contributed by atoms with van der Waals surface area (Å²) in [6.07, 6.45) is 1.98. The summed E-state index contributed by atoms with van der Waals surface area (Å²) in [6.45, 7) is 5.51. The zero-order valence-electron chi connectivity index (χ0n) is 11.9. The molecule has 2 rings (SSSR count). The number of carbonyl (C=O) groups is 1. The normalized spacial score (nSPS) is 14.9. The Labute approximate surface area is 114 Å². The van der Waals surface area contributed by atoms with E-state index in [-0.39, 0.29) is 0 Å². The molecule has 104 valence electrons. The van der Waals surface area contributed by atoms with E-state index < -0.39 is 11.7 Å². The van der Waals surface area contributed by atoms with E-state index in [2.05, 4.69) is 5.32 Å². The lowest BCUT2D eigenvalue weighted by Gasteiger charge is -2.20. The SMILES string of the molecule is COc1cc(NC(=O)OC(C)(C)C)ccc1C1CC1. The van der Waals surface area contributed by atoms with E-state index in [0.29, 0.717) is 11.6 Å². The van der Waals surface area contributed by atoms with E-state index in [0.717, 1.165) is 5.75 Å². The largest absolute Gasteiger partial charge is 0.496 e. The topological polar surface area (TPSA) is 47.6 Å². The molecule has 1 N–H and O–H groups in total. The molecule has 4 nitrogen and oxygen atoms in total. The Morgan fingerprint density at radius 1 is 1.32 bits per heavy atom. The van der Waals surface area contributed by atoms with Crippen molar-refractivity contribution < 1.29 is 14.3 Å². The molecule has 0 heterocycles. The van der Waals surface area contributed by atoms with E-state index >= 15 is 0 Å². The Hall–Kier alpha value is -1.71. The smallest absolute Gasteiger partial charge is 0.412 e. The number of ether oxygens (including phenoxy) is 2. The third-order valence-corrected chi connectivity index (χ3v) is 2.90. The third kappa shape index (κ3) is 3.88. The molecule has 1 saturated carbocycles. The van der Waals surface area contributed by atoms with Gasteiger partial charge >= 0.3 is 6.09 Å². The Morgan fingerprint density at radius 3 is 2.53 bits per heavy atom. The van der Waals surface area contributed by atoms with Gasteiger partial charge in [0.1, 0.15) is 11.4 Å². The van der Waals surface area contributed by atoms with Crippen LogP contribution in [0.25, 0.3) is 0 Å². The van der Waals surface area contributed by atoms with Gasteiger partial charge < -0.3 is 9.47 Å². The van der Waals surface area contributed by atoms with E-state index in [1.807, 2.05) is 39.0 Å². The first-order valence-electron chi connectivity index (χ1n) is 6.57. The minimum atomic E-state index is -0.498. The highest BCUT2D eigenvalue weighted by atomic mass is 16.6. The highest BCUT2D eigenvalue weighted by Crippen LogP contribution is 2.44. The average Bonchev–Trinajstić information content (AvgIpc) is 3.10. The van der Waals surface area contributed by atoms with Crippen LogP contribution >= 0.6 is 0 Å². The maximum Gasteiger partial charge on any atom is 0.412 e. The fourth-order valence-electron chi connectivity index (χ4n) is 1.94. The predicted octanol–water partition coefficient (Wildman–Crippen LogP) is 3.92. The van der Waals surface area contributed by atoms with Gasteiger partial charge in [-0.15, -0.1) is 0 Å². The zero-order valence-corrected chi connectivity index (χ0v) is 11.9. The molecule has 0 saturated heterocycles. The van der Waals surface area contributed by atoms with Crippen LogP contribution in [0.15, 0.2) is 18.2 Å². The number of benzene rings is 1. The van der Waals surface area contributed by atoms with Gasteiger partial charge in [0.05, 0.1) is 7.11 Å². The molecule has 0 atom stereocenters. The molecule has 0 aromatic heterocycles. The second-order valence-corrected chi connectivity index (χ2v) is 5.86. The van der Waals surface area contributed by atoms with Crippen molar-refractivity contribution >= 4 is 11.8 Å². The van der Waals surface area contributed by atoms with Crippen molar-refractivity contribution in [3.8, 4) is 5.75 Å². The lowest BCUT2D eigenvalue weighted by atomic mass is 10.1. The Balaban J connectivity index is 2.06. The lowest BCUT2D eigenvalue weighted by Crippen LogP contribution is -2.27.